The van der Waals surface area contributed by atoms with E-state index in [9.17, 15) is 0 Å². The fourth-order valence-electron chi connectivity index (χ4n) is 0.740. The lowest BCUT2D eigenvalue weighted by Gasteiger charge is -2.17. The topological polar surface area (TPSA) is 48.5 Å². The predicted octanol–water partition coefficient (Wildman–Crippen LogP) is 1.92. The first-order valence-corrected chi connectivity index (χ1v) is 3.76. The Balaban J connectivity index is 3.08. The second kappa shape index (κ2) is 2.90. The van der Waals surface area contributed by atoms with E-state index < -0.39 is 0 Å². The Hall–Kier alpha value is -1.43. The largest absolute Gasteiger partial charge is 0.231 e. The van der Waals surface area contributed by atoms with Gasteiger partial charge in [-0.2, -0.15) is 5.26 Å². The van der Waals surface area contributed by atoms with Crippen LogP contribution in [0.25, 0.3) is 0 Å². The smallest absolute Gasteiger partial charge is 0.231 e. The Bertz CT molecular complexity index is 313. The summed E-state index contributed by atoms with van der Waals surface area (Å²) in [5.74, 6) is 0.222. The van der Waals surface area contributed by atoms with Crippen LogP contribution in [0.5, 0.6) is 0 Å². The highest BCUT2D eigenvalue weighted by Crippen LogP contribution is 2.24. The number of allylic oxidation sites excluding steroid dienone is 1. The van der Waals surface area contributed by atoms with Crippen molar-refractivity contribution in [1.29, 1.82) is 5.26 Å². The molecule has 0 amide bonds. The maximum absolute atomic E-state index is 8.55. The minimum Gasteiger partial charge on any atom is -0.231 e. The van der Waals surface area contributed by atoms with Crippen LogP contribution in [0.1, 0.15) is 20.8 Å². The van der Waals surface area contributed by atoms with Crippen molar-refractivity contribution < 1.29 is 0 Å². The molecule has 0 aromatic carbocycles. The first kappa shape index (κ1) is 8.66. The fourth-order valence-corrected chi connectivity index (χ4v) is 0.740. The molecule has 0 saturated heterocycles. The monoisotopic (exact) mass is 161 g/mol. The first-order chi connectivity index (χ1) is 5.56. The molecule has 1 heterocycles. The van der Waals surface area contributed by atoms with Crippen LogP contribution in [0, 0.1) is 16.7 Å². The fraction of sp³-hybridized carbons (Fsp3) is 0.444. The van der Waals surface area contributed by atoms with E-state index in [-0.39, 0.29) is 11.3 Å². The second-order valence-electron chi connectivity index (χ2n) is 3.36. The summed E-state index contributed by atoms with van der Waals surface area (Å²) >= 11 is 0. The van der Waals surface area contributed by atoms with Gasteiger partial charge < -0.3 is 0 Å². The van der Waals surface area contributed by atoms with E-state index in [0.29, 0.717) is 0 Å². The summed E-state index contributed by atoms with van der Waals surface area (Å²) in [4.78, 5) is 7.87. The first-order valence-electron chi connectivity index (χ1n) is 3.76. The Morgan fingerprint density at radius 3 is 2.75 bits per heavy atom. The summed E-state index contributed by atoms with van der Waals surface area (Å²) in [7, 11) is 0. The maximum Gasteiger partial charge on any atom is 0.231 e. The highest BCUT2D eigenvalue weighted by Gasteiger charge is 2.19. The van der Waals surface area contributed by atoms with Crippen LogP contribution < -0.4 is 0 Å². The summed E-state index contributed by atoms with van der Waals surface area (Å²) in [6.07, 6.45) is 3.46. The highest BCUT2D eigenvalue weighted by molar-refractivity contribution is 6.02. The van der Waals surface area contributed by atoms with E-state index in [1.54, 1.807) is 12.4 Å². The molecule has 12 heavy (non-hydrogen) atoms. The van der Waals surface area contributed by atoms with E-state index in [0.717, 1.165) is 5.57 Å². The number of nitrogens with zero attached hydrogens (tertiary/aromatic N) is 3. The molecule has 0 unspecified atom stereocenters. The number of hydrogen-bond donors (Lipinski definition) is 0. The van der Waals surface area contributed by atoms with Gasteiger partial charge in [-0.3, -0.25) is 0 Å². The molecule has 0 aromatic heterocycles. The number of nitriles is 1. The van der Waals surface area contributed by atoms with Gasteiger partial charge in [0, 0.05) is 17.8 Å². The molecule has 0 bridgehead atoms. The van der Waals surface area contributed by atoms with Crippen LogP contribution in [-0.4, -0.2) is 12.1 Å². The van der Waals surface area contributed by atoms with Gasteiger partial charge in [0.15, 0.2) is 0 Å². The lowest BCUT2D eigenvalue weighted by Crippen LogP contribution is -2.14. The van der Waals surface area contributed by atoms with Crippen molar-refractivity contribution in [2.75, 3.05) is 0 Å². The van der Waals surface area contributed by atoms with Crippen molar-refractivity contribution >= 4 is 12.1 Å². The Labute approximate surface area is 72.1 Å². The Morgan fingerprint density at radius 1 is 1.50 bits per heavy atom. The third kappa shape index (κ3) is 1.59. The van der Waals surface area contributed by atoms with E-state index in [1.165, 1.54) is 0 Å². The average molecular weight is 161 g/mol. The predicted molar refractivity (Wildman–Crippen MR) is 49.1 cm³/mol. The van der Waals surface area contributed by atoms with E-state index in [2.05, 4.69) is 9.98 Å². The number of aliphatic imine (C=N–C) groups is 2. The van der Waals surface area contributed by atoms with Crippen LogP contribution in [0.3, 0.4) is 0 Å². The van der Waals surface area contributed by atoms with Gasteiger partial charge in [0.2, 0.25) is 5.84 Å². The molecule has 0 aliphatic carbocycles. The molecule has 0 radical (unpaired) electrons. The van der Waals surface area contributed by atoms with Crippen molar-refractivity contribution in [2.45, 2.75) is 20.8 Å². The van der Waals surface area contributed by atoms with Crippen LogP contribution in [-0.2, 0) is 0 Å². The SMILES string of the molecule is CC1=CN=C(C#N)N=CC1(C)C. The summed E-state index contributed by atoms with van der Waals surface area (Å²) in [5, 5.41) is 8.55. The molecule has 0 N–H and O–H groups in total. The standard InChI is InChI=1S/C9H11N3/c1-7-5-11-8(4-10)12-6-9(7,2)3/h5-6H,1-3H3. The number of hydrogen-bond acceptors (Lipinski definition) is 3. The van der Waals surface area contributed by atoms with Gasteiger partial charge in [0.25, 0.3) is 0 Å². The molecule has 0 atom stereocenters. The third-order valence-electron chi connectivity index (χ3n) is 2.01. The molecule has 3 heteroatoms. The average Bonchev–Trinajstić information content (AvgIpc) is 2.14. The molecule has 1 rings (SSSR count). The minimum atomic E-state index is -0.0951. The van der Waals surface area contributed by atoms with Crippen molar-refractivity contribution in [2.24, 2.45) is 15.4 Å². The molecule has 0 fully saturated rings. The van der Waals surface area contributed by atoms with Gasteiger partial charge in [-0.15, -0.1) is 0 Å². The summed E-state index contributed by atoms with van der Waals surface area (Å²) in [5.41, 5.74) is 1.01. The molecular formula is C9H11N3. The summed E-state index contributed by atoms with van der Waals surface area (Å²) in [6, 6.07) is 1.91. The van der Waals surface area contributed by atoms with Crippen molar-refractivity contribution in [3.63, 3.8) is 0 Å². The number of rotatable bonds is 0. The van der Waals surface area contributed by atoms with Crippen molar-refractivity contribution in [3.05, 3.63) is 11.8 Å². The zero-order valence-electron chi connectivity index (χ0n) is 7.50. The van der Waals surface area contributed by atoms with Crippen molar-refractivity contribution in [1.82, 2.24) is 0 Å². The van der Waals surface area contributed by atoms with E-state index in [1.807, 2.05) is 26.8 Å². The summed E-state index contributed by atoms with van der Waals surface area (Å²) < 4.78 is 0. The quantitative estimate of drug-likeness (QED) is 0.535. The molecule has 1 aliphatic rings. The molecule has 0 spiro atoms. The van der Waals surface area contributed by atoms with Crippen LogP contribution >= 0.6 is 0 Å². The number of amidine groups is 1. The van der Waals surface area contributed by atoms with Gasteiger partial charge in [0.1, 0.15) is 6.07 Å². The van der Waals surface area contributed by atoms with E-state index >= 15 is 0 Å². The van der Waals surface area contributed by atoms with Gasteiger partial charge in [-0.25, -0.2) is 9.98 Å². The van der Waals surface area contributed by atoms with E-state index in [4.69, 9.17) is 5.26 Å². The highest BCUT2D eigenvalue weighted by atomic mass is 14.9. The van der Waals surface area contributed by atoms with Gasteiger partial charge >= 0.3 is 0 Å². The molecule has 62 valence electrons. The Kier molecular flexibility index (Phi) is 2.09. The van der Waals surface area contributed by atoms with Crippen molar-refractivity contribution in [3.8, 4) is 6.07 Å². The van der Waals surface area contributed by atoms with Gasteiger partial charge in [0.05, 0.1) is 0 Å². The lowest BCUT2D eigenvalue weighted by atomic mass is 9.87. The third-order valence-corrected chi connectivity index (χ3v) is 2.01. The Morgan fingerprint density at radius 2 is 2.17 bits per heavy atom. The van der Waals surface area contributed by atoms with Crippen LogP contribution in [0.4, 0.5) is 0 Å². The normalized spacial score (nSPS) is 20.5. The maximum atomic E-state index is 8.55. The molecule has 0 saturated carbocycles. The molecule has 3 nitrogen and oxygen atoms in total. The summed E-state index contributed by atoms with van der Waals surface area (Å²) in [6.45, 7) is 6.06. The zero-order chi connectivity index (χ0) is 9.19. The molecule has 1 aliphatic heterocycles. The zero-order valence-corrected chi connectivity index (χ0v) is 7.50. The molecule has 0 aromatic rings. The second-order valence-corrected chi connectivity index (χ2v) is 3.36. The van der Waals surface area contributed by atoms with Gasteiger partial charge in [-0.1, -0.05) is 13.8 Å². The molecular weight excluding hydrogens is 150 g/mol. The van der Waals surface area contributed by atoms with Gasteiger partial charge in [-0.05, 0) is 12.5 Å². The minimum absolute atomic E-state index is 0.0951. The lowest BCUT2D eigenvalue weighted by molar-refractivity contribution is 0.642. The van der Waals surface area contributed by atoms with Crippen LogP contribution in [0.15, 0.2) is 21.8 Å². The van der Waals surface area contributed by atoms with Crippen LogP contribution in [0.2, 0.25) is 0 Å².